The number of hydrogen-bond acceptors (Lipinski definition) is 3. The van der Waals surface area contributed by atoms with Gasteiger partial charge in [-0.1, -0.05) is 0 Å². The lowest BCUT2D eigenvalue weighted by Gasteiger charge is -2.22. The molecule has 1 aromatic rings. The van der Waals surface area contributed by atoms with E-state index >= 15 is 0 Å². The molecule has 5 heteroatoms. The first-order valence-electron chi connectivity index (χ1n) is 5.10. The Labute approximate surface area is 89.9 Å². The normalized spacial score (nSPS) is 11.5. The van der Waals surface area contributed by atoms with Crippen LogP contribution in [0, 0.1) is 0 Å². The number of nitrogens with zero attached hydrogens (tertiary/aromatic N) is 2. The van der Waals surface area contributed by atoms with Crippen LogP contribution in [0.5, 0.6) is 0 Å². The lowest BCUT2D eigenvalue weighted by atomic mass is 10.4. The summed E-state index contributed by atoms with van der Waals surface area (Å²) in [4.78, 5) is 6.28. The molecule has 15 heavy (non-hydrogen) atoms. The summed E-state index contributed by atoms with van der Waals surface area (Å²) in [7, 11) is 0. The Bertz CT molecular complexity index is 294. The van der Waals surface area contributed by atoms with E-state index in [2.05, 4.69) is 10.4 Å². The summed E-state index contributed by atoms with van der Waals surface area (Å²) in [6.07, 6.45) is 1.66. The van der Waals surface area contributed by atoms with Crippen LogP contribution in [0.3, 0.4) is 0 Å². The third kappa shape index (κ3) is 3.28. The molecule has 0 aliphatic heterocycles. The quantitative estimate of drug-likeness (QED) is 0.336. The Balaban J connectivity index is 2.66. The van der Waals surface area contributed by atoms with Gasteiger partial charge in [-0.15, -0.1) is 0 Å². The minimum Gasteiger partial charge on any atom is -0.467 e. The molecule has 0 unspecified atom stereocenters. The molecule has 1 aromatic heterocycles. The van der Waals surface area contributed by atoms with Gasteiger partial charge in [-0.3, -0.25) is 10.4 Å². The molecule has 0 saturated carbocycles. The van der Waals surface area contributed by atoms with Gasteiger partial charge in [0.25, 0.3) is 0 Å². The van der Waals surface area contributed by atoms with Crippen LogP contribution in [0.1, 0.15) is 19.6 Å². The molecule has 84 valence electrons. The van der Waals surface area contributed by atoms with E-state index in [1.807, 2.05) is 30.9 Å². The molecule has 0 atom stereocenters. The van der Waals surface area contributed by atoms with Crippen molar-refractivity contribution >= 4 is 5.96 Å². The van der Waals surface area contributed by atoms with Crippen molar-refractivity contribution in [2.45, 2.75) is 20.4 Å². The molecule has 5 nitrogen and oxygen atoms in total. The van der Waals surface area contributed by atoms with Crippen molar-refractivity contribution < 1.29 is 4.42 Å². The van der Waals surface area contributed by atoms with Gasteiger partial charge in [0.05, 0.1) is 12.8 Å². The van der Waals surface area contributed by atoms with Gasteiger partial charge in [-0.25, -0.2) is 5.84 Å². The van der Waals surface area contributed by atoms with E-state index in [9.17, 15) is 0 Å². The third-order valence-electron chi connectivity index (χ3n) is 2.05. The van der Waals surface area contributed by atoms with Gasteiger partial charge < -0.3 is 9.32 Å². The maximum atomic E-state index is 5.41. The van der Waals surface area contributed by atoms with Gasteiger partial charge >= 0.3 is 0 Å². The number of furan rings is 1. The first kappa shape index (κ1) is 11.6. The number of rotatable bonds is 4. The van der Waals surface area contributed by atoms with Crippen LogP contribution < -0.4 is 11.3 Å². The van der Waals surface area contributed by atoms with Crippen LogP contribution in [0.25, 0.3) is 0 Å². The largest absolute Gasteiger partial charge is 0.467 e. The summed E-state index contributed by atoms with van der Waals surface area (Å²) in [5.41, 5.74) is 2.60. The summed E-state index contributed by atoms with van der Waals surface area (Å²) >= 11 is 0. The maximum absolute atomic E-state index is 5.41. The number of hydrogen-bond donors (Lipinski definition) is 2. The summed E-state index contributed by atoms with van der Waals surface area (Å²) in [5.74, 6) is 7.00. The highest BCUT2D eigenvalue weighted by atomic mass is 16.3. The highest BCUT2D eigenvalue weighted by Gasteiger charge is 2.09. The predicted octanol–water partition coefficient (Wildman–Crippen LogP) is 0.941. The van der Waals surface area contributed by atoms with Gasteiger partial charge in [-0.05, 0) is 26.0 Å². The number of aliphatic imine (C=N–C) groups is 1. The van der Waals surface area contributed by atoms with Crippen molar-refractivity contribution in [1.82, 2.24) is 10.3 Å². The fourth-order valence-electron chi connectivity index (χ4n) is 1.31. The molecule has 1 rings (SSSR count). The fraction of sp³-hybridized carbons (Fsp3) is 0.500. The second kappa shape index (κ2) is 6.08. The van der Waals surface area contributed by atoms with Gasteiger partial charge in [0.2, 0.25) is 5.96 Å². The van der Waals surface area contributed by atoms with E-state index in [-0.39, 0.29) is 0 Å². The fourth-order valence-corrected chi connectivity index (χ4v) is 1.31. The van der Waals surface area contributed by atoms with Crippen LogP contribution in [0.4, 0.5) is 0 Å². The van der Waals surface area contributed by atoms with Crippen LogP contribution in [0.2, 0.25) is 0 Å². The number of nitrogens with one attached hydrogen (secondary N) is 1. The number of hydrazine groups is 1. The average molecular weight is 210 g/mol. The van der Waals surface area contributed by atoms with Crippen molar-refractivity contribution in [2.24, 2.45) is 10.8 Å². The van der Waals surface area contributed by atoms with Gasteiger partial charge in [0.1, 0.15) is 5.76 Å². The average Bonchev–Trinajstić information content (AvgIpc) is 2.75. The van der Waals surface area contributed by atoms with Crippen molar-refractivity contribution in [3.8, 4) is 0 Å². The molecule has 1 heterocycles. The molecule has 0 saturated heterocycles. The molecule has 0 radical (unpaired) electrons. The van der Waals surface area contributed by atoms with E-state index in [4.69, 9.17) is 10.3 Å². The molecular weight excluding hydrogens is 192 g/mol. The first-order valence-corrected chi connectivity index (χ1v) is 5.10. The minimum atomic E-state index is 0.673. The molecule has 0 spiro atoms. The molecule has 0 aromatic carbocycles. The van der Waals surface area contributed by atoms with Gasteiger partial charge in [0.15, 0.2) is 0 Å². The van der Waals surface area contributed by atoms with Crippen molar-refractivity contribution in [1.29, 1.82) is 0 Å². The van der Waals surface area contributed by atoms with Crippen LogP contribution >= 0.6 is 0 Å². The SMILES string of the molecule is CCN=C(NN)N(CC)Cc1ccco1. The third-order valence-corrected chi connectivity index (χ3v) is 2.05. The molecule has 0 amide bonds. The molecule has 0 bridgehead atoms. The zero-order chi connectivity index (χ0) is 11.1. The Morgan fingerprint density at radius 3 is 2.87 bits per heavy atom. The maximum Gasteiger partial charge on any atom is 0.208 e. The van der Waals surface area contributed by atoms with E-state index in [1.54, 1.807) is 6.26 Å². The predicted molar refractivity (Wildman–Crippen MR) is 60.1 cm³/mol. The highest BCUT2D eigenvalue weighted by molar-refractivity contribution is 5.79. The van der Waals surface area contributed by atoms with Crippen LogP contribution in [-0.4, -0.2) is 23.9 Å². The van der Waals surface area contributed by atoms with E-state index in [0.717, 1.165) is 12.3 Å². The molecule has 0 fully saturated rings. The Morgan fingerprint density at radius 1 is 1.60 bits per heavy atom. The first-order chi connectivity index (χ1) is 7.31. The van der Waals surface area contributed by atoms with E-state index in [0.29, 0.717) is 19.0 Å². The summed E-state index contributed by atoms with van der Waals surface area (Å²) in [6, 6.07) is 3.80. The zero-order valence-corrected chi connectivity index (χ0v) is 9.23. The van der Waals surface area contributed by atoms with Crippen molar-refractivity contribution in [3.63, 3.8) is 0 Å². The van der Waals surface area contributed by atoms with Crippen LogP contribution in [0.15, 0.2) is 27.8 Å². The lowest BCUT2D eigenvalue weighted by molar-refractivity contribution is 0.364. The smallest absolute Gasteiger partial charge is 0.208 e. The molecule has 3 N–H and O–H groups in total. The topological polar surface area (TPSA) is 66.8 Å². The van der Waals surface area contributed by atoms with Gasteiger partial charge in [-0.2, -0.15) is 0 Å². The lowest BCUT2D eigenvalue weighted by Crippen LogP contribution is -2.44. The number of guanidine groups is 1. The minimum absolute atomic E-state index is 0.673. The van der Waals surface area contributed by atoms with Crippen LogP contribution in [-0.2, 0) is 6.54 Å². The Morgan fingerprint density at radius 2 is 2.40 bits per heavy atom. The standard InChI is InChI=1S/C10H18N4O/c1-3-12-10(13-11)14(4-2)8-9-6-5-7-15-9/h5-7H,3-4,8,11H2,1-2H3,(H,12,13). The summed E-state index contributed by atoms with van der Waals surface area (Å²) in [5, 5.41) is 0. The molecular formula is C10H18N4O. The zero-order valence-electron chi connectivity index (χ0n) is 9.23. The number of nitrogens with two attached hydrogens (primary N) is 1. The molecule has 0 aliphatic rings. The Kier molecular flexibility index (Phi) is 4.70. The van der Waals surface area contributed by atoms with E-state index in [1.165, 1.54) is 0 Å². The highest BCUT2D eigenvalue weighted by Crippen LogP contribution is 2.05. The summed E-state index contributed by atoms with van der Waals surface area (Å²) < 4.78 is 5.27. The Hall–Kier alpha value is -1.49. The molecule has 0 aliphatic carbocycles. The van der Waals surface area contributed by atoms with Crippen molar-refractivity contribution in [2.75, 3.05) is 13.1 Å². The van der Waals surface area contributed by atoms with E-state index < -0.39 is 0 Å². The second-order valence-electron chi connectivity index (χ2n) is 3.04. The van der Waals surface area contributed by atoms with Gasteiger partial charge in [0, 0.05) is 13.1 Å². The second-order valence-corrected chi connectivity index (χ2v) is 3.04. The summed E-state index contributed by atoms with van der Waals surface area (Å²) in [6.45, 7) is 6.22. The monoisotopic (exact) mass is 210 g/mol. The van der Waals surface area contributed by atoms with Crippen molar-refractivity contribution in [3.05, 3.63) is 24.2 Å².